The molecule has 2 nitrogen and oxygen atoms in total. The number of alkyl halides is 1. The molecule has 2 aliphatic heterocycles. The van der Waals surface area contributed by atoms with Gasteiger partial charge < -0.3 is 4.90 Å². The third kappa shape index (κ3) is 3.03. The van der Waals surface area contributed by atoms with E-state index < -0.39 is 0 Å². The minimum absolute atomic E-state index is 0.262. The van der Waals surface area contributed by atoms with Crippen LogP contribution in [0.1, 0.15) is 33.0 Å². The molecule has 1 aromatic rings. The van der Waals surface area contributed by atoms with Gasteiger partial charge in [-0.2, -0.15) is 11.8 Å². The summed E-state index contributed by atoms with van der Waals surface area (Å²) in [5.74, 6) is 3.30. The summed E-state index contributed by atoms with van der Waals surface area (Å²) in [5.41, 5.74) is 1.40. The Hall–Kier alpha value is -0.000000000000000167. The van der Waals surface area contributed by atoms with E-state index >= 15 is 0 Å². The Balaban J connectivity index is 1.68. The molecule has 0 aromatic carbocycles. The molecule has 0 atom stereocenters. The molecule has 0 unspecified atom stereocenters. The lowest BCUT2D eigenvalue weighted by Crippen LogP contribution is -2.38. The van der Waals surface area contributed by atoms with Crippen molar-refractivity contribution in [3.8, 4) is 0 Å². The van der Waals surface area contributed by atoms with Crippen molar-refractivity contribution in [2.75, 3.05) is 24.2 Å². The number of nitrogens with zero attached hydrogens (tertiary/aromatic N) is 1. The molecule has 5 heteroatoms. The summed E-state index contributed by atoms with van der Waals surface area (Å²) in [4.78, 5) is 17.0. The Morgan fingerprint density at radius 3 is 2.89 bits per heavy atom. The highest BCUT2D eigenvalue weighted by Crippen LogP contribution is 2.32. The lowest BCUT2D eigenvalue weighted by Gasteiger charge is -2.30. The molecular formula is C14H18BrNOS2. The van der Waals surface area contributed by atoms with Crippen LogP contribution in [-0.4, -0.2) is 35.0 Å². The van der Waals surface area contributed by atoms with E-state index in [9.17, 15) is 4.79 Å². The fourth-order valence-corrected chi connectivity index (χ4v) is 5.69. The number of carbonyl (C=O) groups excluding carboxylic acids is 1. The van der Waals surface area contributed by atoms with Crippen molar-refractivity contribution < 1.29 is 4.79 Å². The molecule has 0 saturated carbocycles. The van der Waals surface area contributed by atoms with Gasteiger partial charge in [0.1, 0.15) is 0 Å². The Labute approximate surface area is 131 Å². The van der Waals surface area contributed by atoms with Crippen LogP contribution in [0.3, 0.4) is 0 Å². The number of hydrogen-bond acceptors (Lipinski definition) is 3. The molecule has 0 aliphatic carbocycles. The Morgan fingerprint density at radius 2 is 2.21 bits per heavy atom. The van der Waals surface area contributed by atoms with Crippen molar-refractivity contribution in [3.63, 3.8) is 0 Å². The maximum Gasteiger partial charge on any atom is 0.263 e. The van der Waals surface area contributed by atoms with Crippen molar-refractivity contribution in [1.82, 2.24) is 4.90 Å². The molecule has 2 aliphatic rings. The van der Waals surface area contributed by atoms with Crippen LogP contribution >= 0.6 is 39.0 Å². The van der Waals surface area contributed by atoms with Crippen molar-refractivity contribution in [1.29, 1.82) is 0 Å². The first-order valence-electron chi connectivity index (χ1n) is 6.82. The van der Waals surface area contributed by atoms with Crippen LogP contribution in [0.15, 0.2) is 6.07 Å². The highest BCUT2D eigenvalue weighted by Gasteiger charge is 2.25. The number of aryl methyl sites for hydroxylation is 1. The van der Waals surface area contributed by atoms with E-state index in [0.717, 1.165) is 54.2 Å². The van der Waals surface area contributed by atoms with Gasteiger partial charge >= 0.3 is 0 Å². The van der Waals surface area contributed by atoms with E-state index in [1.54, 1.807) is 11.3 Å². The third-order valence-corrected chi connectivity index (χ3v) is 7.11. The van der Waals surface area contributed by atoms with E-state index in [0.29, 0.717) is 0 Å². The van der Waals surface area contributed by atoms with Crippen LogP contribution < -0.4 is 0 Å². The average molecular weight is 360 g/mol. The monoisotopic (exact) mass is 359 g/mol. The summed E-state index contributed by atoms with van der Waals surface area (Å²) in [7, 11) is 0. The van der Waals surface area contributed by atoms with Gasteiger partial charge in [0.25, 0.3) is 5.91 Å². The van der Waals surface area contributed by atoms with Gasteiger partial charge in [0.2, 0.25) is 0 Å². The summed E-state index contributed by atoms with van der Waals surface area (Å²) in [6.07, 6.45) is 3.42. The number of rotatable bonds is 2. The van der Waals surface area contributed by atoms with Gasteiger partial charge in [-0.25, -0.2) is 0 Å². The van der Waals surface area contributed by atoms with Gasteiger partial charge in [-0.3, -0.25) is 4.79 Å². The number of amides is 1. The quantitative estimate of drug-likeness (QED) is 0.748. The number of carbonyl (C=O) groups is 1. The number of hydrogen-bond donors (Lipinski definition) is 0. The molecule has 1 saturated heterocycles. The second-order valence-electron chi connectivity index (χ2n) is 5.25. The predicted octanol–water partition coefficient (Wildman–Crippen LogP) is 3.78. The topological polar surface area (TPSA) is 20.3 Å². The fraction of sp³-hybridized carbons (Fsp3) is 0.643. The molecule has 19 heavy (non-hydrogen) atoms. The average Bonchev–Trinajstić information content (AvgIpc) is 2.90. The van der Waals surface area contributed by atoms with Gasteiger partial charge in [0.15, 0.2) is 0 Å². The molecule has 1 fully saturated rings. The number of likely N-dealkylation sites (tertiary alicyclic amines) is 1. The first-order chi connectivity index (χ1) is 9.28. The van der Waals surface area contributed by atoms with E-state index in [1.165, 1.54) is 16.2 Å². The fourth-order valence-electron chi connectivity index (χ4n) is 2.70. The van der Waals surface area contributed by atoms with E-state index in [1.807, 2.05) is 16.7 Å². The predicted molar refractivity (Wildman–Crippen MR) is 86.6 cm³/mol. The number of halogens is 1. The van der Waals surface area contributed by atoms with Gasteiger partial charge in [0, 0.05) is 29.0 Å². The SMILES string of the molecule is O=C(c1cc2c(s1)CCSC2)N1CCC(CBr)CC1. The zero-order valence-corrected chi connectivity index (χ0v) is 14.1. The zero-order chi connectivity index (χ0) is 13.2. The molecule has 0 radical (unpaired) electrons. The lowest BCUT2D eigenvalue weighted by molar-refractivity contribution is 0.0704. The highest BCUT2D eigenvalue weighted by molar-refractivity contribution is 9.09. The number of thiophene rings is 1. The normalized spacial score (nSPS) is 20.4. The molecule has 0 N–H and O–H groups in total. The molecule has 1 amide bonds. The van der Waals surface area contributed by atoms with Gasteiger partial charge in [0.05, 0.1) is 4.88 Å². The Morgan fingerprint density at radius 1 is 1.42 bits per heavy atom. The maximum absolute atomic E-state index is 12.5. The largest absolute Gasteiger partial charge is 0.338 e. The van der Waals surface area contributed by atoms with Crippen LogP contribution in [0, 0.1) is 5.92 Å². The van der Waals surface area contributed by atoms with Crippen LogP contribution in [0.4, 0.5) is 0 Å². The molecule has 0 spiro atoms. The summed E-state index contributed by atoms with van der Waals surface area (Å²) in [6.45, 7) is 1.85. The number of thioether (sulfide) groups is 1. The molecule has 104 valence electrons. The standard InChI is InChI=1S/C14H18BrNOS2/c15-8-10-1-4-16(5-2-10)14(17)13-7-11-9-18-6-3-12(11)19-13/h7,10H,1-6,8-9H2. The minimum Gasteiger partial charge on any atom is -0.338 e. The first-order valence-corrected chi connectivity index (χ1v) is 9.91. The molecule has 0 bridgehead atoms. The second kappa shape index (κ2) is 6.19. The summed E-state index contributed by atoms with van der Waals surface area (Å²) < 4.78 is 0. The highest BCUT2D eigenvalue weighted by atomic mass is 79.9. The second-order valence-corrected chi connectivity index (χ2v) is 8.14. The van der Waals surface area contributed by atoms with Crippen molar-refractivity contribution in [2.45, 2.75) is 25.0 Å². The van der Waals surface area contributed by atoms with Gasteiger partial charge in [-0.05, 0) is 42.6 Å². The molecular weight excluding hydrogens is 342 g/mol. The smallest absolute Gasteiger partial charge is 0.263 e. The van der Waals surface area contributed by atoms with Gasteiger partial charge in [-0.1, -0.05) is 15.9 Å². The number of piperidine rings is 1. The summed E-state index contributed by atoms with van der Waals surface area (Å²) >= 11 is 7.26. The lowest BCUT2D eigenvalue weighted by atomic mass is 9.99. The maximum atomic E-state index is 12.5. The van der Waals surface area contributed by atoms with Crippen molar-refractivity contribution in [2.24, 2.45) is 5.92 Å². The first kappa shape index (κ1) is 14.0. The summed E-state index contributed by atoms with van der Waals surface area (Å²) in [6, 6.07) is 2.14. The van der Waals surface area contributed by atoms with E-state index in [-0.39, 0.29) is 5.91 Å². The zero-order valence-electron chi connectivity index (χ0n) is 10.9. The van der Waals surface area contributed by atoms with Crippen molar-refractivity contribution in [3.05, 3.63) is 21.4 Å². The van der Waals surface area contributed by atoms with Gasteiger partial charge in [-0.15, -0.1) is 11.3 Å². The van der Waals surface area contributed by atoms with Crippen LogP contribution in [-0.2, 0) is 12.2 Å². The molecule has 3 rings (SSSR count). The molecule has 3 heterocycles. The van der Waals surface area contributed by atoms with E-state index in [2.05, 4.69) is 22.0 Å². The Kier molecular flexibility index (Phi) is 4.54. The minimum atomic E-state index is 0.262. The third-order valence-electron chi connectivity index (χ3n) is 3.96. The Bertz CT molecular complexity index is 443. The molecule has 1 aromatic heterocycles. The van der Waals surface area contributed by atoms with Crippen LogP contribution in [0.25, 0.3) is 0 Å². The summed E-state index contributed by atoms with van der Waals surface area (Å²) in [5, 5.41) is 1.07. The van der Waals surface area contributed by atoms with Crippen LogP contribution in [0.2, 0.25) is 0 Å². The van der Waals surface area contributed by atoms with E-state index in [4.69, 9.17) is 0 Å². The number of fused-ring (bicyclic) bond motifs is 1. The van der Waals surface area contributed by atoms with Crippen LogP contribution in [0.5, 0.6) is 0 Å². The van der Waals surface area contributed by atoms with Crippen molar-refractivity contribution >= 4 is 44.9 Å².